The summed E-state index contributed by atoms with van der Waals surface area (Å²) in [6.07, 6.45) is 0.136. The van der Waals surface area contributed by atoms with Gasteiger partial charge in [0.1, 0.15) is 12.9 Å². The summed E-state index contributed by atoms with van der Waals surface area (Å²) >= 11 is 0. The maximum atomic E-state index is 12.9. The largest absolute Gasteiger partial charge is 0.504 e. The molecule has 1 atom stereocenters. The number of oxime groups is 1. The summed E-state index contributed by atoms with van der Waals surface area (Å²) in [5.74, 6) is 1.29. The molecule has 8 heteroatoms. The van der Waals surface area contributed by atoms with Gasteiger partial charge in [-0.25, -0.2) is 0 Å². The van der Waals surface area contributed by atoms with Gasteiger partial charge in [0.2, 0.25) is 6.79 Å². The van der Waals surface area contributed by atoms with Crippen LogP contribution in [0.3, 0.4) is 0 Å². The molecule has 8 nitrogen and oxygen atoms in total. The van der Waals surface area contributed by atoms with Gasteiger partial charge in [-0.1, -0.05) is 5.16 Å². The lowest BCUT2D eigenvalue weighted by Gasteiger charge is -2.27. The SMILES string of the molecule is CON=C1c2cc(OC)c(O)cc2C(=O)CC1c1cc2c(cc1OC)OCO2. The first kappa shape index (κ1) is 18.0. The van der Waals surface area contributed by atoms with Gasteiger partial charge < -0.3 is 28.9 Å². The van der Waals surface area contributed by atoms with Crippen LogP contribution >= 0.6 is 0 Å². The molecule has 2 aromatic carbocycles. The van der Waals surface area contributed by atoms with Crippen LogP contribution in [0.4, 0.5) is 0 Å². The Labute approximate surface area is 161 Å². The predicted molar refractivity (Wildman–Crippen MR) is 99.0 cm³/mol. The minimum absolute atomic E-state index is 0.106. The number of hydrogen-bond donors (Lipinski definition) is 1. The zero-order chi connectivity index (χ0) is 19.8. The van der Waals surface area contributed by atoms with Crippen molar-refractivity contribution in [2.24, 2.45) is 5.16 Å². The molecule has 1 aliphatic carbocycles. The molecule has 1 aliphatic heterocycles. The predicted octanol–water partition coefficient (Wildman–Crippen LogP) is 2.86. The van der Waals surface area contributed by atoms with Crippen LogP contribution in [0.15, 0.2) is 29.4 Å². The Morgan fingerprint density at radius 2 is 1.71 bits per heavy atom. The zero-order valence-corrected chi connectivity index (χ0v) is 15.6. The molecule has 0 fully saturated rings. The molecule has 146 valence electrons. The Kier molecular flexibility index (Phi) is 4.46. The third-order valence-corrected chi connectivity index (χ3v) is 4.90. The summed E-state index contributed by atoms with van der Waals surface area (Å²) in [4.78, 5) is 17.9. The van der Waals surface area contributed by atoms with Crippen molar-refractivity contribution < 1.29 is 33.7 Å². The molecule has 0 saturated heterocycles. The van der Waals surface area contributed by atoms with Crippen LogP contribution in [0.2, 0.25) is 0 Å². The number of carbonyl (C=O) groups is 1. The molecular weight excluding hydrogens is 366 g/mol. The minimum Gasteiger partial charge on any atom is -0.504 e. The topological polar surface area (TPSA) is 95.8 Å². The average molecular weight is 385 g/mol. The van der Waals surface area contributed by atoms with Crippen LogP contribution in [0.5, 0.6) is 28.7 Å². The highest BCUT2D eigenvalue weighted by Crippen LogP contribution is 2.45. The van der Waals surface area contributed by atoms with Gasteiger partial charge in [0, 0.05) is 35.1 Å². The lowest BCUT2D eigenvalue weighted by Crippen LogP contribution is -2.27. The van der Waals surface area contributed by atoms with E-state index in [2.05, 4.69) is 5.16 Å². The van der Waals surface area contributed by atoms with Crippen molar-refractivity contribution in [1.82, 2.24) is 0 Å². The van der Waals surface area contributed by atoms with Crippen LogP contribution in [0.25, 0.3) is 0 Å². The van der Waals surface area contributed by atoms with Gasteiger partial charge in [-0.15, -0.1) is 0 Å². The molecule has 0 amide bonds. The van der Waals surface area contributed by atoms with E-state index in [0.29, 0.717) is 34.1 Å². The number of Topliss-reactive ketones (excluding diaryl/α,β-unsaturated/α-hetero) is 1. The number of fused-ring (bicyclic) bond motifs is 2. The van der Waals surface area contributed by atoms with Gasteiger partial charge >= 0.3 is 0 Å². The number of ether oxygens (including phenoxy) is 4. The second-order valence-corrected chi connectivity index (χ2v) is 6.36. The van der Waals surface area contributed by atoms with E-state index in [1.807, 2.05) is 0 Å². The van der Waals surface area contributed by atoms with E-state index in [0.717, 1.165) is 5.56 Å². The van der Waals surface area contributed by atoms with Gasteiger partial charge in [-0.05, 0) is 18.2 Å². The maximum Gasteiger partial charge on any atom is 0.231 e. The molecule has 0 spiro atoms. The van der Waals surface area contributed by atoms with Gasteiger partial charge in [0.05, 0.1) is 19.9 Å². The lowest BCUT2D eigenvalue weighted by molar-refractivity contribution is 0.0975. The summed E-state index contributed by atoms with van der Waals surface area (Å²) in [6, 6.07) is 6.52. The smallest absolute Gasteiger partial charge is 0.231 e. The number of carbonyl (C=O) groups excluding carboxylic acids is 1. The molecule has 0 bridgehead atoms. The summed E-state index contributed by atoms with van der Waals surface area (Å²) in [7, 11) is 4.43. The first-order valence-corrected chi connectivity index (χ1v) is 8.60. The average Bonchev–Trinajstić information content (AvgIpc) is 3.16. The maximum absolute atomic E-state index is 12.9. The van der Waals surface area contributed by atoms with Crippen LogP contribution < -0.4 is 18.9 Å². The van der Waals surface area contributed by atoms with E-state index < -0.39 is 5.92 Å². The summed E-state index contributed by atoms with van der Waals surface area (Å²) in [5, 5.41) is 14.3. The molecule has 0 saturated carbocycles. The van der Waals surface area contributed by atoms with E-state index in [1.54, 1.807) is 25.3 Å². The highest BCUT2D eigenvalue weighted by Gasteiger charge is 2.36. The normalized spacial score (nSPS) is 18.8. The fraction of sp³-hybridized carbons (Fsp3) is 0.300. The Bertz CT molecular complexity index is 983. The van der Waals surface area contributed by atoms with Crippen molar-refractivity contribution in [1.29, 1.82) is 0 Å². The van der Waals surface area contributed by atoms with Crippen molar-refractivity contribution in [3.05, 3.63) is 41.0 Å². The van der Waals surface area contributed by atoms with Crippen molar-refractivity contribution in [3.8, 4) is 28.7 Å². The zero-order valence-electron chi connectivity index (χ0n) is 15.6. The van der Waals surface area contributed by atoms with E-state index in [1.165, 1.54) is 20.3 Å². The number of phenolic OH excluding ortho intramolecular Hbond substituents is 1. The third-order valence-electron chi connectivity index (χ3n) is 4.90. The fourth-order valence-corrected chi connectivity index (χ4v) is 3.61. The highest BCUT2D eigenvalue weighted by atomic mass is 16.7. The summed E-state index contributed by atoms with van der Waals surface area (Å²) in [6.45, 7) is 0.129. The van der Waals surface area contributed by atoms with Crippen LogP contribution in [0.1, 0.15) is 33.8 Å². The van der Waals surface area contributed by atoms with Gasteiger partial charge in [-0.3, -0.25) is 4.79 Å². The van der Waals surface area contributed by atoms with Crippen molar-refractivity contribution in [2.45, 2.75) is 12.3 Å². The Balaban J connectivity index is 1.90. The summed E-state index contributed by atoms with van der Waals surface area (Å²) in [5.41, 5.74) is 2.17. The van der Waals surface area contributed by atoms with Gasteiger partial charge in [-0.2, -0.15) is 0 Å². The number of nitrogens with zero attached hydrogens (tertiary/aromatic N) is 1. The Hall–Kier alpha value is -3.42. The number of hydrogen-bond acceptors (Lipinski definition) is 8. The second-order valence-electron chi connectivity index (χ2n) is 6.36. The molecule has 0 aromatic heterocycles. The number of ketones is 1. The molecule has 1 N–H and O–H groups in total. The molecule has 1 heterocycles. The molecule has 1 unspecified atom stereocenters. The number of benzene rings is 2. The van der Waals surface area contributed by atoms with Crippen molar-refractivity contribution in [2.75, 3.05) is 28.1 Å². The van der Waals surface area contributed by atoms with Crippen LogP contribution in [-0.4, -0.2) is 44.7 Å². The first-order valence-electron chi connectivity index (χ1n) is 8.60. The third kappa shape index (κ3) is 2.77. The van der Waals surface area contributed by atoms with Gasteiger partial charge in [0.25, 0.3) is 0 Å². The van der Waals surface area contributed by atoms with E-state index >= 15 is 0 Å². The molecule has 2 aromatic rings. The highest BCUT2D eigenvalue weighted by molar-refractivity contribution is 6.19. The standard InChI is InChI=1S/C20H19NO7/c1-24-16-8-19-18(27-9-28-19)6-11(16)12-5-14(22)10-4-15(23)17(25-2)7-13(10)20(12)21-26-3/h4,6-8,12,23H,5,9H2,1-3H3. The number of phenols is 1. The molecule has 0 radical (unpaired) electrons. The second kappa shape index (κ2) is 6.95. The number of methoxy groups -OCH3 is 2. The molecule has 4 rings (SSSR count). The molecular formula is C20H19NO7. The molecule has 28 heavy (non-hydrogen) atoms. The van der Waals surface area contributed by atoms with E-state index in [9.17, 15) is 9.90 Å². The molecule has 2 aliphatic rings. The van der Waals surface area contributed by atoms with E-state index in [-0.39, 0.29) is 30.5 Å². The Morgan fingerprint density at radius 3 is 2.39 bits per heavy atom. The van der Waals surface area contributed by atoms with Crippen molar-refractivity contribution >= 4 is 11.5 Å². The van der Waals surface area contributed by atoms with Crippen molar-refractivity contribution in [3.63, 3.8) is 0 Å². The van der Waals surface area contributed by atoms with E-state index in [4.69, 9.17) is 23.8 Å². The first-order chi connectivity index (χ1) is 13.6. The van der Waals surface area contributed by atoms with Gasteiger partial charge in [0.15, 0.2) is 28.8 Å². The van der Waals surface area contributed by atoms with Crippen LogP contribution in [0, 0.1) is 0 Å². The number of aromatic hydroxyl groups is 1. The number of rotatable bonds is 4. The monoisotopic (exact) mass is 385 g/mol. The summed E-state index contributed by atoms with van der Waals surface area (Å²) < 4.78 is 21.6. The fourth-order valence-electron chi connectivity index (χ4n) is 3.61. The Morgan fingerprint density at radius 1 is 1.00 bits per heavy atom. The lowest BCUT2D eigenvalue weighted by atomic mass is 9.77. The quantitative estimate of drug-likeness (QED) is 0.809. The minimum atomic E-state index is -0.432. The van der Waals surface area contributed by atoms with Crippen LogP contribution in [-0.2, 0) is 4.84 Å².